The van der Waals surface area contributed by atoms with Gasteiger partial charge in [0.15, 0.2) is 0 Å². The number of carbonyl (C=O) groups is 1. The maximum absolute atomic E-state index is 11.3. The quantitative estimate of drug-likeness (QED) is 0.618. The molecule has 2 aliphatic rings. The van der Waals surface area contributed by atoms with Crippen molar-refractivity contribution in [3.8, 4) is 0 Å². The van der Waals surface area contributed by atoms with Gasteiger partial charge in [-0.15, -0.1) is 0 Å². The molecule has 0 heterocycles. The number of anilines is 2. The molecule has 154 valence electrons. The Kier molecular flexibility index (Phi) is 4.96. The smallest absolute Gasteiger partial charge is 0.335 e. The van der Waals surface area contributed by atoms with Crippen molar-refractivity contribution in [1.29, 1.82) is 0 Å². The fourth-order valence-corrected chi connectivity index (χ4v) is 4.82. The third-order valence-electron chi connectivity index (χ3n) is 7.24. The molecule has 2 aromatic rings. The van der Waals surface area contributed by atoms with Gasteiger partial charge in [0.1, 0.15) is 0 Å². The molecule has 3 heteroatoms. The van der Waals surface area contributed by atoms with Gasteiger partial charge in [-0.2, -0.15) is 0 Å². The maximum atomic E-state index is 11.3. The van der Waals surface area contributed by atoms with Gasteiger partial charge in [-0.3, -0.25) is 0 Å². The van der Waals surface area contributed by atoms with Crippen molar-refractivity contribution in [2.75, 3.05) is 11.4 Å². The van der Waals surface area contributed by atoms with E-state index < -0.39 is 5.97 Å². The highest BCUT2D eigenvalue weighted by atomic mass is 16.4. The third kappa shape index (κ3) is 3.80. The first kappa shape index (κ1) is 20.0. The van der Waals surface area contributed by atoms with Crippen LogP contribution in [0.4, 0.5) is 11.4 Å². The summed E-state index contributed by atoms with van der Waals surface area (Å²) in [6.07, 6.45) is 6.31. The van der Waals surface area contributed by atoms with Gasteiger partial charge < -0.3 is 10.0 Å². The predicted molar refractivity (Wildman–Crippen MR) is 119 cm³/mol. The van der Waals surface area contributed by atoms with Gasteiger partial charge in [-0.1, -0.05) is 40.2 Å². The van der Waals surface area contributed by atoms with Gasteiger partial charge in [0.2, 0.25) is 0 Å². The molecule has 1 fully saturated rings. The fourth-order valence-electron chi connectivity index (χ4n) is 4.82. The molecule has 0 aliphatic heterocycles. The Balaban J connectivity index is 1.75. The molecule has 0 spiro atoms. The van der Waals surface area contributed by atoms with E-state index in [1.165, 1.54) is 48.9 Å². The highest BCUT2D eigenvalue weighted by molar-refractivity contribution is 5.88. The Morgan fingerprint density at radius 1 is 0.931 bits per heavy atom. The summed E-state index contributed by atoms with van der Waals surface area (Å²) in [5.41, 5.74) is 5.97. The van der Waals surface area contributed by atoms with Crippen LogP contribution in [0.1, 0.15) is 81.3 Å². The molecule has 0 amide bonds. The fraction of sp³-hybridized carbons (Fsp3) is 0.500. The second kappa shape index (κ2) is 7.19. The van der Waals surface area contributed by atoms with Crippen LogP contribution in [0.25, 0.3) is 0 Å². The number of carboxylic acids is 1. The summed E-state index contributed by atoms with van der Waals surface area (Å²) in [7, 11) is 0. The van der Waals surface area contributed by atoms with Crippen LogP contribution in [0.2, 0.25) is 0 Å². The van der Waals surface area contributed by atoms with E-state index in [-0.39, 0.29) is 10.8 Å². The van der Waals surface area contributed by atoms with E-state index in [0.29, 0.717) is 5.56 Å². The number of carboxylic acid groups (broad SMARTS) is 1. The SMILES string of the molecule is CC1(C)CCC(C)(C)c2cc(N(CC3CCC3)c3ccc(C(=O)O)cc3)ccc21. The van der Waals surface area contributed by atoms with E-state index in [4.69, 9.17) is 0 Å². The number of hydrogen-bond donors (Lipinski definition) is 1. The lowest BCUT2D eigenvalue weighted by molar-refractivity contribution is 0.0697. The summed E-state index contributed by atoms with van der Waals surface area (Å²) in [6, 6.07) is 14.4. The van der Waals surface area contributed by atoms with Crippen LogP contribution in [0.15, 0.2) is 42.5 Å². The van der Waals surface area contributed by atoms with E-state index in [0.717, 1.165) is 18.2 Å². The van der Waals surface area contributed by atoms with Gasteiger partial charge in [-0.05, 0) is 90.0 Å². The highest BCUT2D eigenvalue weighted by Crippen LogP contribution is 2.47. The van der Waals surface area contributed by atoms with Crippen LogP contribution in [-0.2, 0) is 10.8 Å². The van der Waals surface area contributed by atoms with Crippen LogP contribution < -0.4 is 4.90 Å². The molecule has 0 unspecified atom stereocenters. The second-order valence-corrected chi connectivity index (χ2v) is 10.3. The van der Waals surface area contributed by atoms with Crippen molar-refractivity contribution < 1.29 is 9.90 Å². The minimum atomic E-state index is -0.875. The molecular weight excluding hydrogens is 358 g/mol. The number of aromatic carboxylic acids is 1. The zero-order chi connectivity index (χ0) is 20.8. The molecule has 2 aliphatic carbocycles. The largest absolute Gasteiger partial charge is 0.478 e. The molecule has 0 radical (unpaired) electrons. The first-order chi connectivity index (χ1) is 13.7. The van der Waals surface area contributed by atoms with Gasteiger partial charge in [0.05, 0.1) is 5.56 Å². The summed E-state index contributed by atoms with van der Waals surface area (Å²) in [6.45, 7) is 10.4. The van der Waals surface area contributed by atoms with Crippen molar-refractivity contribution in [2.45, 2.75) is 70.6 Å². The zero-order valence-electron chi connectivity index (χ0n) is 18.2. The Hall–Kier alpha value is -2.29. The number of rotatable bonds is 5. The van der Waals surface area contributed by atoms with Crippen molar-refractivity contribution in [3.63, 3.8) is 0 Å². The van der Waals surface area contributed by atoms with Crippen LogP contribution in [0, 0.1) is 5.92 Å². The van der Waals surface area contributed by atoms with Gasteiger partial charge in [0, 0.05) is 17.9 Å². The number of nitrogens with zero attached hydrogens (tertiary/aromatic N) is 1. The lowest BCUT2D eigenvalue weighted by Crippen LogP contribution is -2.34. The zero-order valence-corrected chi connectivity index (χ0v) is 18.2. The molecular formula is C26H33NO2. The van der Waals surface area contributed by atoms with Gasteiger partial charge in [-0.25, -0.2) is 4.79 Å². The predicted octanol–water partition coefficient (Wildman–Crippen LogP) is 6.67. The van der Waals surface area contributed by atoms with E-state index in [9.17, 15) is 9.90 Å². The summed E-state index contributed by atoms with van der Waals surface area (Å²) in [4.78, 5) is 13.7. The first-order valence-corrected chi connectivity index (χ1v) is 10.9. The number of fused-ring (bicyclic) bond motifs is 1. The lowest BCUT2D eigenvalue weighted by atomic mass is 9.63. The topological polar surface area (TPSA) is 40.5 Å². The normalized spacial score (nSPS) is 19.9. The summed E-state index contributed by atoms with van der Waals surface area (Å²) in [5.74, 6) is -0.158. The van der Waals surface area contributed by atoms with Crippen molar-refractivity contribution >= 4 is 17.3 Å². The lowest BCUT2D eigenvalue weighted by Gasteiger charge is -2.43. The Morgan fingerprint density at radius 2 is 1.52 bits per heavy atom. The highest BCUT2D eigenvalue weighted by Gasteiger charge is 2.37. The first-order valence-electron chi connectivity index (χ1n) is 10.9. The van der Waals surface area contributed by atoms with Crippen LogP contribution in [0.5, 0.6) is 0 Å². The molecule has 0 saturated heterocycles. The Bertz CT molecular complexity index is 907. The molecule has 0 bridgehead atoms. The Labute approximate surface area is 174 Å². The van der Waals surface area contributed by atoms with E-state index in [1.54, 1.807) is 12.1 Å². The molecule has 1 saturated carbocycles. The second-order valence-electron chi connectivity index (χ2n) is 10.3. The molecule has 1 N–H and O–H groups in total. The molecule has 0 aromatic heterocycles. The van der Waals surface area contributed by atoms with Crippen molar-refractivity contribution in [2.24, 2.45) is 5.92 Å². The monoisotopic (exact) mass is 391 g/mol. The molecule has 29 heavy (non-hydrogen) atoms. The third-order valence-corrected chi connectivity index (χ3v) is 7.24. The van der Waals surface area contributed by atoms with E-state index in [1.807, 2.05) is 12.1 Å². The number of hydrogen-bond acceptors (Lipinski definition) is 2. The summed E-state index contributed by atoms with van der Waals surface area (Å²) < 4.78 is 0. The summed E-state index contributed by atoms with van der Waals surface area (Å²) >= 11 is 0. The standard InChI is InChI=1S/C26H33NO2/c1-25(2)14-15-26(3,4)23-16-21(12-13-22(23)25)27(17-18-6-5-7-18)20-10-8-19(9-11-20)24(28)29/h8-13,16,18H,5-7,14-15,17H2,1-4H3,(H,28,29). The van der Waals surface area contributed by atoms with Crippen LogP contribution in [-0.4, -0.2) is 17.6 Å². The average Bonchev–Trinajstić information content (AvgIpc) is 2.65. The average molecular weight is 392 g/mol. The van der Waals surface area contributed by atoms with Crippen molar-refractivity contribution in [3.05, 3.63) is 59.2 Å². The Morgan fingerprint density at radius 3 is 2.07 bits per heavy atom. The summed E-state index contributed by atoms with van der Waals surface area (Å²) in [5, 5.41) is 9.25. The molecule has 4 rings (SSSR count). The minimum Gasteiger partial charge on any atom is -0.478 e. The molecule has 2 aromatic carbocycles. The molecule has 0 atom stereocenters. The van der Waals surface area contributed by atoms with Crippen LogP contribution >= 0.6 is 0 Å². The van der Waals surface area contributed by atoms with E-state index in [2.05, 4.69) is 50.8 Å². The van der Waals surface area contributed by atoms with Crippen LogP contribution in [0.3, 0.4) is 0 Å². The number of benzene rings is 2. The molecule has 3 nitrogen and oxygen atoms in total. The van der Waals surface area contributed by atoms with Gasteiger partial charge >= 0.3 is 5.97 Å². The van der Waals surface area contributed by atoms with Gasteiger partial charge in [0.25, 0.3) is 0 Å². The van der Waals surface area contributed by atoms with Crippen molar-refractivity contribution in [1.82, 2.24) is 0 Å². The maximum Gasteiger partial charge on any atom is 0.335 e. The minimum absolute atomic E-state index is 0.177. The van der Waals surface area contributed by atoms with E-state index >= 15 is 0 Å².